The fourth-order valence-corrected chi connectivity index (χ4v) is 3.95. The summed E-state index contributed by atoms with van der Waals surface area (Å²) in [6, 6.07) is 8.33. The second-order valence-electron chi connectivity index (χ2n) is 6.83. The van der Waals surface area contributed by atoms with E-state index in [1.165, 1.54) is 17.5 Å². The lowest BCUT2D eigenvalue weighted by Crippen LogP contribution is -2.23. The van der Waals surface area contributed by atoms with Gasteiger partial charge in [-0.2, -0.15) is 15.3 Å². The van der Waals surface area contributed by atoms with E-state index < -0.39 is 0 Å². The first-order valence-electron chi connectivity index (χ1n) is 8.86. The Bertz CT molecular complexity index is 1190. The molecule has 3 aromatic heterocycles. The predicted molar refractivity (Wildman–Crippen MR) is 103 cm³/mol. The van der Waals surface area contributed by atoms with Crippen molar-refractivity contribution in [3.05, 3.63) is 65.1 Å². The van der Waals surface area contributed by atoms with Crippen LogP contribution in [0.4, 0.5) is 0 Å². The van der Waals surface area contributed by atoms with Gasteiger partial charge in [-0.15, -0.1) is 0 Å². The minimum absolute atomic E-state index is 0.101. The van der Waals surface area contributed by atoms with E-state index >= 15 is 0 Å². The number of fused-ring (bicyclic) bond motifs is 1. The molecule has 0 N–H and O–H groups in total. The van der Waals surface area contributed by atoms with Crippen molar-refractivity contribution in [1.29, 1.82) is 0 Å². The molecule has 1 saturated carbocycles. The van der Waals surface area contributed by atoms with Crippen LogP contribution in [-0.2, 0) is 13.6 Å². The number of aryl methyl sites for hydroxylation is 1. The molecule has 136 valence electrons. The van der Waals surface area contributed by atoms with Gasteiger partial charge in [0.25, 0.3) is 5.56 Å². The average molecular weight is 378 g/mol. The van der Waals surface area contributed by atoms with Gasteiger partial charge in [-0.3, -0.25) is 14.2 Å². The van der Waals surface area contributed by atoms with E-state index in [1.807, 2.05) is 48.4 Å². The lowest BCUT2D eigenvalue weighted by Gasteiger charge is -2.06. The van der Waals surface area contributed by atoms with Crippen LogP contribution in [0.3, 0.4) is 0 Å². The SMILES string of the molecule is Cn1ccc(Cn2ncc3cc(Sc4cnn(C5CC5)c4)ccc3c2=O)n1. The van der Waals surface area contributed by atoms with Gasteiger partial charge in [0.15, 0.2) is 0 Å². The van der Waals surface area contributed by atoms with Crippen molar-refractivity contribution in [3.63, 3.8) is 0 Å². The lowest BCUT2D eigenvalue weighted by molar-refractivity contribution is 0.621. The molecule has 0 unspecified atom stereocenters. The Labute approximate surface area is 159 Å². The zero-order valence-corrected chi connectivity index (χ0v) is 15.6. The summed E-state index contributed by atoms with van der Waals surface area (Å²) in [6.07, 6.45) is 10.0. The van der Waals surface area contributed by atoms with Crippen LogP contribution in [0.25, 0.3) is 10.8 Å². The monoisotopic (exact) mass is 378 g/mol. The molecule has 0 atom stereocenters. The Morgan fingerprint density at radius 3 is 2.81 bits per heavy atom. The zero-order valence-electron chi connectivity index (χ0n) is 14.8. The highest BCUT2D eigenvalue weighted by Crippen LogP contribution is 2.36. The standard InChI is InChI=1S/C19H18N6OS/c1-23-7-6-14(22-23)11-25-19(26)18-5-4-16(8-13(18)9-20-25)27-17-10-21-24(12-17)15-2-3-15/h4-10,12,15H,2-3,11H2,1H3. The fourth-order valence-electron chi connectivity index (χ4n) is 3.09. The molecule has 1 aliphatic rings. The molecule has 1 fully saturated rings. The van der Waals surface area contributed by atoms with Gasteiger partial charge in [0, 0.05) is 29.7 Å². The molecule has 0 amide bonds. The van der Waals surface area contributed by atoms with Crippen LogP contribution in [0.5, 0.6) is 0 Å². The summed E-state index contributed by atoms with van der Waals surface area (Å²) in [7, 11) is 1.85. The summed E-state index contributed by atoms with van der Waals surface area (Å²) >= 11 is 1.65. The first kappa shape index (κ1) is 16.3. The van der Waals surface area contributed by atoms with Gasteiger partial charge in [-0.05, 0) is 37.1 Å². The highest BCUT2D eigenvalue weighted by molar-refractivity contribution is 7.99. The lowest BCUT2D eigenvalue weighted by atomic mass is 10.2. The van der Waals surface area contributed by atoms with Crippen molar-refractivity contribution in [3.8, 4) is 0 Å². The number of hydrogen-bond donors (Lipinski definition) is 0. The maximum atomic E-state index is 12.7. The molecule has 0 aliphatic heterocycles. The number of aromatic nitrogens is 6. The summed E-state index contributed by atoms with van der Waals surface area (Å²) in [5.74, 6) is 0. The number of benzene rings is 1. The van der Waals surface area contributed by atoms with E-state index in [0.717, 1.165) is 20.9 Å². The van der Waals surface area contributed by atoms with Crippen LogP contribution in [0.1, 0.15) is 24.6 Å². The summed E-state index contributed by atoms with van der Waals surface area (Å²) in [6.45, 7) is 0.368. The molecule has 8 heteroatoms. The van der Waals surface area contributed by atoms with Crippen LogP contribution < -0.4 is 5.56 Å². The Morgan fingerprint density at radius 2 is 2.04 bits per heavy atom. The average Bonchev–Trinajstić information content (AvgIpc) is 3.28. The zero-order chi connectivity index (χ0) is 18.4. The van der Waals surface area contributed by atoms with Gasteiger partial charge in [-0.1, -0.05) is 11.8 Å². The van der Waals surface area contributed by atoms with Crippen molar-refractivity contribution < 1.29 is 0 Å². The molecule has 0 saturated heterocycles. The second kappa shape index (κ2) is 6.38. The summed E-state index contributed by atoms with van der Waals surface area (Å²) in [4.78, 5) is 14.9. The van der Waals surface area contributed by atoms with Crippen molar-refractivity contribution in [2.24, 2.45) is 7.05 Å². The van der Waals surface area contributed by atoms with Gasteiger partial charge in [-0.25, -0.2) is 4.68 Å². The van der Waals surface area contributed by atoms with Crippen LogP contribution in [0.2, 0.25) is 0 Å². The normalized spacial score (nSPS) is 14.1. The molecule has 3 heterocycles. The highest BCUT2D eigenvalue weighted by atomic mass is 32.2. The van der Waals surface area contributed by atoms with E-state index in [1.54, 1.807) is 22.6 Å². The van der Waals surface area contributed by atoms with Gasteiger partial charge >= 0.3 is 0 Å². The maximum Gasteiger partial charge on any atom is 0.274 e. The van der Waals surface area contributed by atoms with E-state index in [-0.39, 0.29) is 5.56 Å². The minimum atomic E-state index is -0.101. The van der Waals surface area contributed by atoms with E-state index in [9.17, 15) is 4.79 Å². The summed E-state index contributed by atoms with van der Waals surface area (Å²) < 4.78 is 5.22. The quantitative estimate of drug-likeness (QED) is 0.534. The van der Waals surface area contributed by atoms with Crippen LogP contribution in [0.15, 0.2) is 63.6 Å². The molecule has 7 nitrogen and oxygen atoms in total. The van der Waals surface area contributed by atoms with E-state index in [0.29, 0.717) is 18.0 Å². The fraction of sp³-hybridized carbons (Fsp3) is 0.263. The molecule has 0 spiro atoms. The number of hydrogen-bond acceptors (Lipinski definition) is 5. The van der Waals surface area contributed by atoms with Crippen molar-refractivity contribution in [1.82, 2.24) is 29.3 Å². The third-order valence-corrected chi connectivity index (χ3v) is 5.58. The number of rotatable bonds is 5. The summed E-state index contributed by atoms with van der Waals surface area (Å²) in [5, 5.41) is 14.6. The third-order valence-electron chi connectivity index (χ3n) is 4.64. The van der Waals surface area contributed by atoms with Gasteiger partial charge in [0.2, 0.25) is 0 Å². The largest absolute Gasteiger partial charge is 0.275 e. The Hall–Kier alpha value is -2.87. The van der Waals surface area contributed by atoms with E-state index in [2.05, 4.69) is 21.5 Å². The maximum absolute atomic E-state index is 12.7. The molecule has 0 bridgehead atoms. The second-order valence-corrected chi connectivity index (χ2v) is 7.97. The Morgan fingerprint density at radius 1 is 1.15 bits per heavy atom. The van der Waals surface area contributed by atoms with E-state index in [4.69, 9.17) is 0 Å². The van der Waals surface area contributed by atoms with Crippen molar-refractivity contribution >= 4 is 22.5 Å². The van der Waals surface area contributed by atoms with Gasteiger partial charge in [0.1, 0.15) is 0 Å². The van der Waals surface area contributed by atoms with Gasteiger partial charge in [0.05, 0.1) is 41.0 Å². The number of nitrogens with zero attached hydrogens (tertiary/aromatic N) is 6. The Balaban J connectivity index is 1.41. The van der Waals surface area contributed by atoms with Crippen LogP contribution in [0, 0.1) is 0 Å². The Kier molecular flexibility index (Phi) is 3.86. The first-order chi connectivity index (χ1) is 13.2. The molecule has 27 heavy (non-hydrogen) atoms. The topological polar surface area (TPSA) is 70.5 Å². The smallest absolute Gasteiger partial charge is 0.274 e. The van der Waals surface area contributed by atoms with Crippen molar-refractivity contribution in [2.45, 2.75) is 35.2 Å². The van der Waals surface area contributed by atoms with Gasteiger partial charge < -0.3 is 0 Å². The molecular weight excluding hydrogens is 360 g/mol. The molecular formula is C19H18N6OS. The third kappa shape index (κ3) is 3.28. The first-order valence-corrected chi connectivity index (χ1v) is 9.68. The molecule has 0 radical (unpaired) electrons. The minimum Gasteiger partial charge on any atom is -0.275 e. The summed E-state index contributed by atoms with van der Waals surface area (Å²) in [5.41, 5.74) is 0.711. The van der Waals surface area contributed by atoms with Crippen LogP contribution >= 0.6 is 11.8 Å². The van der Waals surface area contributed by atoms with Crippen LogP contribution in [-0.4, -0.2) is 29.3 Å². The predicted octanol–water partition coefficient (Wildman–Crippen LogP) is 2.86. The molecule has 1 aliphatic carbocycles. The molecule has 5 rings (SSSR count). The highest BCUT2D eigenvalue weighted by Gasteiger charge is 2.24. The molecule has 4 aromatic rings. The van der Waals surface area contributed by atoms with Crippen molar-refractivity contribution in [2.75, 3.05) is 0 Å². The molecule has 1 aromatic carbocycles.